The van der Waals surface area contributed by atoms with E-state index in [2.05, 4.69) is 35.1 Å². The first-order valence-corrected chi connectivity index (χ1v) is 7.31. The van der Waals surface area contributed by atoms with Crippen molar-refractivity contribution < 1.29 is 0 Å². The number of hydrogen-bond donors (Lipinski definition) is 0. The smallest absolute Gasteiger partial charge is 0.191 e. The predicted octanol–water partition coefficient (Wildman–Crippen LogP) is 2.91. The van der Waals surface area contributed by atoms with Gasteiger partial charge in [-0.3, -0.25) is 4.98 Å². The zero-order chi connectivity index (χ0) is 14.6. The summed E-state index contributed by atoms with van der Waals surface area (Å²) in [5.41, 5.74) is 0.922. The lowest BCUT2D eigenvalue weighted by atomic mass is 9.93. The Hall–Kier alpha value is -1.87. The summed E-state index contributed by atoms with van der Waals surface area (Å²) in [5.74, 6) is 1.64. The number of aromatic nitrogens is 4. The van der Waals surface area contributed by atoms with Crippen LogP contribution in [0.1, 0.15) is 20.3 Å². The van der Waals surface area contributed by atoms with Gasteiger partial charge in [-0.05, 0) is 17.5 Å². The van der Waals surface area contributed by atoms with E-state index in [1.54, 1.807) is 24.2 Å². The minimum Gasteiger partial charge on any atom is -0.305 e. The molecule has 2 aromatic rings. The van der Waals surface area contributed by atoms with Crippen molar-refractivity contribution >= 4 is 11.8 Å². The first kappa shape index (κ1) is 14.5. The topological polar surface area (TPSA) is 67.4 Å². The van der Waals surface area contributed by atoms with Gasteiger partial charge >= 0.3 is 0 Å². The van der Waals surface area contributed by atoms with Crippen molar-refractivity contribution in [1.29, 1.82) is 5.26 Å². The van der Waals surface area contributed by atoms with Crippen LogP contribution in [0.15, 0.2) is 29.7 Å². The molecule has 0 unspecified atom stereocenters. The van der Waals surface area contributed by atoms with E-state index in [9.17, 15) is 0 Å². The summed E-state index contributed by atoms with van der Waals surface area (Å²) in [6.07, 6.45) is 4.05. The highest BCUT2D eigenvalue weighted by atomic mass is 32.2. The molecule has 20 heavy (non-hydrogen) atoms. The van der Waals surface area contributed by atoms with Crippen LogP contribution in [0.4, 0.5) is 0 Å². The number of rotatable bonds is 5. The molecule has 0 N–H and O–H groups in total. The molecule has 0 atom stereocenters. The Morgan fingerprint density at radius 1 is 1.40 bits per heavy atom. The van der Waals surface area contributed by atoms with Crippen LogP contribution in [0.25, 0.3) is 11.4 Å². The average molecular weight is 287 g/mol. The van der Waals surface area contributed by atoms with Crippen LogP contribution in [0, 0.1) is 16.7 Å². The Labute approximate surface area is 123 Å². The maximum Gasteiger partial charge on any atom is 0.191 e. The molecule has 0 radical (unpaired) electrons. The van der Waals surface area contributed by atoms with Gasteiger partial charge in [0.05, 0.1) is 6.07 Å². The minimum atomic E-state index is -0.0279. The monoisotopic (exact) mass is 287 g/mol. The third-order valence-electron chi connectivity index (χ3n) is 2.90. The Morgan fingerprint density at radius 2 is 2.20 bits per heavy atom. The first-order chi connectivity index (χ1) is 9.53. The van der Waals surface area contributed by atoms with Gasteiger partial charge in [-0.15, -0.1) is 10.2 Å². The highest BCUT2D eigenvalue weighted by molar-refractivity contribution is 7.99. The van der Waals surface area contributed by atoms with Crippen molar-refractivity contribution in [3.8, 4) is 17.5 Å². The third-order valence-corrected chi connectivity index (χ3v) is 4.44. The van der Waals surface area contributed by atoms with E-state index in [-0.39, 0.29) is 5.41 Å². The Morgan fingerprint density at radius 3 is 2.85 bits per heavy atom. The number of pyridine rings is 1. The number of thioether (sulfide) groups is 1. The van der Waals surface area contributed by atoms with Gasteiger partial charge in [0.15, 0.2) is 11.0 Å². The summed E-state index contributed by atoms with van der Waals surface area (Å²) in [5, 5.41) is 18.1. The SMILES string of the molecule is Cn1c(SCC(C)(C)CC#N)nnc1-c1cccnc1. The number of nitrogens with zero attached hydrogens (tertiary/aromatic N) is 5. The summed E-state index contributed by atoms with van der Waals surface area (Å²) in [4.78, 5) is 4.10. The van der Waals surface area contributed by atoms with Crippen molar-refractivity contribution in [3.05, 3.63) is 24.5 Å². The molecule has 2 rings (SSSR count). The van der Waals surface area contributed by atoms with Gasteiger partial charge in [0, 0.05) is 37.2 Å². The van der Waals surface area contributed by atoms with E-state index in [0.29, 0.717) is 6.42 Å². The second kappa shape index (κ2) is 6.06. The second-order valence-electron chi connectivity index (χ2n) is 5.39. The van der Waals surface area contributed by atoms with Gasteiger partial charge < -0.3 is 4.57 Å². The highest BCUT2D eigenvalue weighted by Crippen LogP contribution is 2.30. The predicted molar refractivity (Wildman–Crippen MR) is 79.0 cm³/mol. The lowest BCUT2D eigenvalue weighted by Gasteiger charge is -2.19. The zero-order valence-electron chi connectivity index (χ0n) is 11.9. The Kier molecular flexibility index (Phi) is 4.40. The largest absolute Gasteiger partial charge is 0.305 e. The van der Waals surface area contributed by atoms with Gasteiger partial charge in [-0.25, -0.2) is 0 Å². The van der Waals surface area contributed by atoms with Crippen LogP contribution >= 0.6 is 11.8 Å². The quantitative estimate of drug-likeness (QED) is 0.791. The van der Waals surface area contributed by atoms with Crippen LogP contribution in [0.2, 0.25) is 0 Å². The molecule has 0 fully saturated rings. The molecule has 0 saturated heterocycles. The number of hydrogen-bond acceptors (Lipinski definition) is 5. The maximum absolute atomic E-state index is 8.81. The normalized spacial score (nSPS) is 11.3. The molecule has 0 aliphatic heterocycles. The Balaban J connectivity index is 2.13. The van der Waals surface area contributed by atoms with Gasteiger partial charge in [-0.2, -0.15) is 5.26 Å². The standard InChI is InChI=1S/C14H17N5S/c1-14(2,6-7-15)10-20-13-18-17-12(19(13)3)11-5-4-8-16-9-11/h4-5,8-9H,6,10H2,1-3H3. The minimum absolute atomic E-state index is 0.0279. The van der Waals surface area contributed by atoms with Crippen molar-refractivity contribution in [2.75, 3.05) is 5.75 Å². The summed E-state index contributed by atoms with van der Waals surface area (Å²) >= 11 is 1.63. The van der Waals surface area contributed by atoms with Crippen molar-refractivity contribution in [2.45, 2.75) is 25.4 Å². The van der Waals surface area contributed by atoms with Crippen LogP contribution in [0.3, 0.4) is 0 Å². The highest BCUT2D eigenvalue weighted by Gasteiger charge is 2.20. The van der Waals surface area contributed by atoms with Gasteiger partial charge in [0.25, 0.3) is 0 Å². The second-order valence-corrected chi connectivity index (χ2v) is 6.34. The molecule has 0 spiro atoms. The molecule has 0 bridgehead atoms. The molecule has 0 saturated carbocycles. The van der Waals surface area contributed by atoms with E-state index in [4.69, 9.17) is 5.26 Å². The molecule has 2 heterocycles. The molecule has 0 aromatic carbocycles. The Bertz CT molecular complexity index is 612. The summed E-state index contributed by atoms with van der Waals surface area (Å²) in [6, 6.07) is 6.07. The van der Waals surface area contributed by atoms with Gasteiger partial charge in [0.2, 0.25) is 0 Å². The van der Waals surface area contributed by atoms with Crippen LogP contribution < -0.4 is 0 Å². The van der Waals surface area contributed by atoms with Crippen molar-refractivity contribution in [3.63, 3.8) is 0 Å². The van der Waals surface area contributed by atoms with Crippen LogP contribution in [-0.4, -0.2) is 25.5 Å². The first-order valence-electron chi connectivity index (χ1n) is 6.33. The van der Waals surface area contributed by atoms with Gasteiger partial charge in [0.1, 0.15) is 0 Å². The van der Waals surface area contributed by atoms with E-state index in [0.717, 1.165) is 22.3 Å². The third kappa shape index (κ3) is 3.36. The fourth-order valence-electron chi connectivity index (χ4n) is 1.71. The molecule has 6 heteroatoms. The van der Waals surface area contributed by atoms with E-state index >= 15 is 0 Å². The van der Waals surface area contributed by atoms with E-state index in [1.807, 2.05) is 23.7 Å². The van der Waals surface area contributed by atoms with Crippen molar-refractivity contribution in [2.24, 2.45) is 12.5 Å². The lowest BCUT2D eigenvalue weighted by molar-refractivity contribution is 0.435. The molecule has 0 aliphatic rings. The van der Waals surface area contributed by atoms with Crippen LogP contribution in [0.5, 0.6) is 0 Å². The van der Waals surface area contributed by atoms with Crippen LogP contribution in [-0.2, 0) is 7.05 Å². The summed E-state index contributed by atoms with van der Waals surface area (Å²) in [6.45, 7) is 4.17. The molecule has 0 amide bonds. The number of nitriles is 1. The molecular formula is C14H17N5S. The fourth-order valence-corrected chi connectivity index (χ4v) is 2.71. The molecule has 2 aromatic heterocycles. The molecule has 104 valence electrons. The fraction of sp³-hybridized carbons (Fsp3) is 0.429. The summed E-state index contributed by atoms with van der Waals surface area (Å²) in [7, 11) is 1.95. The molecule has 0 aliphatic carbocycles. The van der Waals surface area contributed by atoms with Crippen molar-refractivity contribution in [1.82, 2.24) is 19.7 Å². The average Bonchev–Trinajstić information content (AvgIpc) is 2.79. The summed E-state index contributed by atoms with van der Waals surface area (Å²) < 4.78 is 1.96. The zero-order valence-corrected chi connectivity index (χ0v) is 12.7. The molecular weight excluding hydrogens is 270 g/mol. The maximum atomic E-state index is 8.81. The van der Waals surface area contributed by atoms with E-state index in [1.165, 1.54) is 0 Å². The van der Waals surface area contributed by atoms with E-state index < -0.39 is 0 Å². The van der Waals surface area contributed by atoms with Gasteiger partial charge in [-0.1, -0.05) is 25.6 Å². The lowest BCUT2D eigenvalue weighted by Crippen LogP contribution is -2.14. The molecule has 5 nitrogen and oxygen atoms in total.